The summed E-state index contributed by atoms with van der Waals surface area (Å²) < 4.78 is 0. The number of nitrogens with one attached hydrogen (secondary N) is 2. The van der Waals surface area contributed by atoms with Crippen molar-refractivity contribution in [2.75, 3.05) is 6.54 Å². The summed E-state index contributed by atoms with van der Waals surface area (Å²) in [5, 5.41) is 16.0. The molecule has 0 saturated carbocycles. The zero-order valence-electron chi connectivity index (χ0n) is 9.30. The Balaban J connectivity index is 2.54. The highest BCUT2D eigenvalue weighted by Crippen LogP contribution is 2.01. The second-order valence-corrected chi connectivity index (χ2v) is 3.56. The summed E-state index contributed by atoms with van der Waals surface area (Å²) in [5.74, 6) is -0.945. The molecule has 6 heteroatoms. The topological polar surface area (TPSA) is 73.7 Å². The van der Waals surface area contributed by atoms with Crippen molar-refractivity contribution in [3.8, 4) is 0 Å². The molecule has 0 bridgehead atoms. The maximum atomic E-state index is 10.6. The van der Waals surface area contributed by atoms with E-state index in [4.69, 9.17) is 17.3 Å². The Bertz CT molecular complexity index is 429. The fourth-order valence-electron chi connectivity index (χ4n) is 1.08. The minimum atomic E-state index is -0.945. The minimum Gasteiger partial charge on any atom is -0.478 e. The predicted molar refractivity (Wildman–Crippen MR) is 70.4 cm³/mol. The van der Waals surface area contributed by atoms with E-state index in [2.05, 4.69) is 15.8 Å². The first-order valence-corrected chi connectivity index (χ1v) is 5.44. The van der Waals surface area contributed by atoms with Crippen molar-refractivity contribution in [1.82, 2.24) is 10.7 Å². The number of carbonyl (C=O) groups is 1. The maximum absolute atomic E-state index is 10.6. The number of benzene rings is 1. The Labute approximate surface area is 105 Å². The molecule has 1 aromatic carbocycles. The maximum Gasteiger partial charge on any atom is 0.335 e. The van der Waals surface area contributed by atoms with Gasteiger partial charge >= 0.3 is 5.97 Å². The van der Waals surface area contributed by atoms with Gasteiger partial charge in [0.1, 0.15) is 0 Å². The van der Waals surface area contributed by atoms with Crippen LogP contribution < -0.4 is 10.7 Å². The first-order chi connectivity index (χ1) is 8.13. The third kappa shape index (κ3) is 4.60. The van der Waals surface area contributed by atoms with Gasteiger partial charge in [-0.1, -0.05) is 12.1 Å². The molecule has 0 amide bonds. The molecule has 0 aliphatic heterocycles. The summed E-state index contributed by atoms with van der Waals surface area (Å²) in [6.07, 6.45) is 1.56. The lowest BCUT2D eigenvalue weighted by atomic mass is 10.1. The number of nitrogens with zero attached hydrogens (tertiary/aromatic N) is 1. The van der Waals surface area contributed by atoms with E-state index in [9.17, 15) is 4.79 Å². The molecule has 0 radical (unpaired) electrons. The van der Waals surface area contributed by atoms with Crippen molar-refractivity contribution < 1.29 is 9.90 Å². The monoisotopic (exact) mass is 251 g/mol. The highest BCUT2D eigenvalue weighted by molar-refractivity contribution is 7.80. The summed E-state index contributed by atoms with van der Waals surface area (Å²) in [5.41, 5.74) is 3.68. The molecular weight excluding hydrogens is 238 g/mol. The van der Waals surface area contributed by atoms with E-state index in [1.165, 1.54) is 12.1 Å². The molecule has 0 aliphatic rings. The summed E-state index contributed by atoms with van der Waals surface area (Å²) in [7, 11) is 0. The van der Waals surface area contributed by atoms with Gasteiger partial charge < -0.3 is 10.4 Å². The fourth-order valence-corrected chi connectivity index (χ4v) is 1.27. The summed E-state index contributed by atoms with van der Waals surface area (Å²) >= 11 is 4.91. The largest absolute Gasteiger partial charge is 0.478 e. The lowest BCUT2D eigenvalue weighted by Gasteiger charge is -2.02. The normalized spacial score (nSPS) is 10.2. The van der Waals surface area contributed by atoms with Crippen molar-refractivity contribution in [1.29, 1.82) is 0 Å². The van der Waals surface area contributed by atoms with Crippen LogP contribution in [0.3, 0.4) is 0 Å². The van der Waals surface area contributed by atoms with Crippen molar-refractivity contribution >= 4 is 29.5 Å². The molecule has 0 fully saturated rings. The smallest absolute Gasteiger partial charge is 0.335 e. The van der Waals surface area contributed by atoms with Crippen LogP contribution in [0.1, 0.15) is 22.8 Å². The molecule has 0 saturated heterocycles. The van der Waals surface area contributed by atoms with Crippen LogP contribution in [0.25, 0.3) is 0 Å². The quantitative estimate of drug-likeness (QED) is 0.426. The summed E-state index contributed by atoms with van der Waals surface area (Å²) in [4.78, 5) is 10.6. The lowest BCUT2D eigenvalue weighted by Crippen LogP contribution is -2.31. The van der Waals surface area contributed by atoms with Crippen LogP contribution >= 0.6 is 12.2 Å². The van der Waals surface area contributed by atoms with E-state index in [0.29, 0.717) is 5.11 Å². The zero-order valence-corrected chi connectivity index (χ0v) is 10.1. The Kier molecular flexibility index (Phi) is 5.09. The van der Waals surface area contributed by atoms with Gasteiger partial charge in [-0.2, -0.15) is 5.10 Å². The fraction of sp³-hybridized carbons (Fsp3) is 0.182. The van der Waals surface area contributed by atoms with Gasteiger partial charge in [0.2, 0.25) is 0 Å². The predicted octanol–water partition coefficient (Wildman–Crippen LogP) is 1.20. The van der Waals surface area contributed by atoms with Crippen molar-refractivity contribution in [2.24, 2.45) is 5.10 Å². The van der Waals surface area contributed by atoms with Gasteiger partial charge in [0, 0.05) is 6.54 Å². The lowest BCUT2D eigenvalue weighted by molar-refractivity contribution is 0.0697. The van der Waals surface area contributed by atoms with E-state index < -0.39 is 5.97 Å². The second kappa shape index (κ2) is 6.59. The molecule has 1 aromatic rings. The van der Waals surface area contributed by atoms with Gasteiger partial charge in [0.15, 0.2) is 5.11 Å². The van der Waals surface area contributed by atoms with Crippen LogP contribution in [0.2, 0.25) is 0 Å². The summed E-state index contributed by atoms with van der Waals surface area (Å²) in [6, 6.07) is 6.38. The van der Waals surface area contributed by atoms with Crippen molar-refractivity contribution in [2.45, 2.75) is 6.92 Å². The summed E-state index contributed by atoms with van der Waals surface area (Å²) in [6.45, 7) is 2.66. The van der Waals surface area contributed by atoms with Gasteiger partial charge in [-0.05, 0) is 36.8 Å². The second-order valence-electron chi connectivity index (χ2n) is 3.16. The van der Waals surface area contributed by atoms with Crippen LogP contribution in [-0.2, 0) is 0 Å². The molecule has 17 heavy (non-hydrogen) atoms. The molecule has 1 rings (SSSR count). The number of thiocarbonyl (C=S) groups is 1. The number of carboxylic acid groups (broad SMARTS) is 1. The molecule has 0 heterocycles. The molecule has 0 atom stereocenters. The first-order valence-electron chi connectivity index (χ1n) is 5.03. The molecule has 90 valence electrons. The number of aromatic carboxylic acids is 1. The highest BCUT2D eigenvalue weighted by atomic mass is 32.1. The molecule has 0 spiro atoms. The number of carboxylic acids is 1. The number of hydrogen-bond acceptors (Lipinski definition) is 3. The van der Waals surface area contributed by atoms with Crippen molar-refractivity contribution in [3.63, 3.8) is 0 Å². The van der Waals surface area contributed by atoms with Gasteiger partial charge in [-0.3, -0.25) is 5.43 Å². The molecular formula is C11H13N3O2S. The molecule has 0 aliphatic carbocycles. The Morgan fingerprint density at radius 2 is 2.12 bits per heavy atom. The van der Waals surface area contributed by atoms with Crippen LogP contribution in [0, 0.1) is 0 Å². The third-order valence-corrected chi connectivity index (χ3v) is 2.11. The Hall–Kier alpha value is -1.95. The minimum absolute atomic E-state index is 0.248. The number of rotatable bonds is 4. The molecule has 5 nitrogen and oxygen atoms in total. The Morgan fingerprint density at radius 1 is 1.47 bits per heavy atom. The average Bonchev–Trinajstić information content (AvgIpc) is 2.30. The van der Waals surface area contributed by atoms with Crippen LogP contribution in [0.5, 0.6) is 0 Å². The van der Waals surface area contributed by atoms with Gasteiger partial charge in [-0.25, -0.2) is 4.79 Å². The third-order valence-electron chi connectivity index (χ3n) is 1.87. The number of hydrazone groups is 1. The molecule has 0 aromatic heterocycles. The molecule has 3 N–H and O–H groups in total. The van der Waals surface area contributed by atoms with Crippen LogP contribution in [0.15, 0.2) is 29.4 Å². The van der Waals surface area contributed by atoms with E-state index in [0.717, 1.165) is 12.1 Å². The van der Waals surface area contributed by atoms with E-state index in [1.807, 2.05) is 6.92 Å². The van der Waals surface area contributed by atoms with Crippen LogP contribution in [-0.4, -0.2) is 28.9 Å². The van der Waals surface area contributed by atoms with Gasteiger partial charge in [0.05, 0.1) is 11.8 Å². The molecule has 0 unspecified atom stereocenters. The average molecular weight is 251 g/mol. The van der Waals surface area contributed by atoms with Gasteiger partial charge in [-0.15, -0.1) is 0 Å². The van der Waals surface area contributed by atoms with E-state index >= 15 is 0 Å². The van der Waals surface area contributed by atoms with Crippen molar-refractivity contribution in [3.05, 3.63) is 35.4 Å². The van der Waals surface area contributed by atoms with Gasteiger partial charge in [0.25, 0.3) is 0 Å². The number of hydrogen-bond donors (Lipinski definition) is 3. The van der Waals surface area contributed by atoms with E-state index in [1.54, 1.807) is 18.3 Å². The highest BCUT2D eigenvalue weighted by Gasteiger charge is 2.00. The van der Waals surface area contributed by atoms with E-state index in [-0.39, 0.29) is 5.56 Å². The van der Waals surface area contributed by atoms with Crippen LogP contribution in [0.4, 0.5) is 0 Å². The SMILES string of the molecule is CCNC(=S)N/N=C\c1ccc(C(=O)O)cc1. The first kappa shape index (κ1) is 13.1. The zero-order chi connectivity index (χ0) is 12.7. The standard InChI is InChI=1S/C11H13N3O2S/c1-2-12-11(17)14-13-7-8-3-5-9(6-4-8)10(15)16/h3-7H,2H2,1H3,(H,15,16)(H2,12,14,17)/b13-7-. The Morgan fingerprint density at radius 3 is 2.65 bits per heavy atom.